The zero-order valence-electron chi connectivity index (χ0n) is 14.4. The van der Waals surface area contributed by atoms with Crippen molar-refractivity contribution in [2.24, 2.45) is 7.05 Å². The summed E-state index contributed by atoms with van der Waals surface area (Å²) in [6, 6.07) is 16.3. The first kappa shape index (κ1) is 18.1. The van der Waals surface area contributed by atoms with Gasteiger partial charge in [0.05, 0.1) is 5.75 Å². The number of benzene rings is 2. The van der Waals surface area contributed by atoms with Crippen molar-refractivity contribution in [2.75, 3.05) is 12.3 Å². The van der Waals surface area contributed by atoms with E-state index in [1.807, 2.05) is 41.9 Å². The molecule has 7 heteroatoms. The minimum atomic E-state index is -0.247. The van der Waals surface area contributed by atoms with Crippen LogP contribution in [-0.2, 0) is 18.3 Å². The molecule has 0 aliphatic heterocycles. The van der Waals surface area contributed by atoms with Gasteiger partial charge in [-0.1, -0.05) is 60.3 Å². The number of aromatic nitrogens is 3. The minimum absolute atomic E-state index is 0.115. The van der Waals surface area contributed by atoms with Crippen molar-refractivity contribution in [3.8, 4) is 11.4 Å². The van der Waals surface area contributed by atoms with E-state index in [2.05, 4.69) is 15.5 Å². The highest BCUT2D eigenvalue weighted by molar-refractivity contribution is 7.99. The molecule has 3 aromatic rings. The lowest BCUT2D eigenvalue weighted by molar-refractivity contribution is -0.118. The summed E-state index contributed by atoms with van der Waals surface area (Å²) < 4.78 is 15.4. The molecule has 0 bridgehead atoms. The summed E-state index contributed by atoms with van der Waals surface area (Å²) in [5, 5.41) is 11.8. The predicted molar refractivity (Wildman–Crippen MR) is 100 cm³/mol. The SMILES string of the molecule is Cn1c(SCC(=O)NCCc2ccccc2F)nnc1-c1ccccc1. The molecule has 0 aliphatic rings. The van der Waals surface area contributed by atoms with Gasteiger partial charge in [0, 0.05) is 19.2 Å². The molecule has 0 atom stereocenters. The van der Waals surface area contributed by atoms with Gasteiger partial charge >= 0.3 is 0 Å². The van der Waals surface area contributed by atoms with Crippen LogP contribution in [0.25, 0.3) is 11.4 Å². The summed E-state index contributed by atoms with van der Waals surface area (Å²) in [6.07, 6.45) is 0.463. The van der Waals surface area contributed by atoms with Crippen LogP contribution in [0.4, 0.5) is 4.39 Å². The first-order valence-electron chi connectivity index (χ1n) is 8.23. The van der Waals surface area contributed by atoms with Crippen molar-refractivity contribution in [3.63, 3.8) is 0 Å². The second-order valence-electron chi connectivity index (χ2n) is 5.71. The van der Waals surface area contributed by atoms with Crippen LogP contribution in [0.15, 0.2) is 59.8 Å². The Balaban J connectivity index is 1.49. The molecule has 0 saturated heterocycles. The largest absolute Gasteiger partial charge is 0.355 e. The summed E-state index contributed by atoms with van der Waals surface area (Å²) in [4.78, 5) is 12.0. The Labute approximate surface area is 155 Å². The van der Waals surface area contributed by atoms with Gasteiger partial charge in [0.2, 0.25) is 5.91 Å². The van der Waals surface area contributed by atoms with Gasteiger partial charge in [-0.25, -0.2) is 4.39 Å². The van der Waals surface area contributed by atoms with Crippen molar-refractivity contribution in [1.29, 1.82) is 0 Å². The summed E-state index contributed by atoms with van der Waals surface area (Å²) in [7, 11) is 1.88. The molecule has 1 amide bonds. The lowest BCUT2D eigenvalue weighted by Gasteiger charge is -2.06. The van der Waals surface area contributed by atoms with E-state index < -0.39 is 0 Å². The van der Waals surface area contributed by atoms with Gasteiger partial charge < -0.3 is 9.88 Å². The highest BCUT2D eigenvalue weighted by Gasteiger charge is 2.12. The Bertz CT molecular complexity index is 882. The molecule has 5 nitrogen and oxygen atoms in total. The molecular formula is C19H19FN4OS. The van der Waals surface area contributed by atoms with Crippen LogP contribution >= 0.6 is 11.8 Å². The van der Waals surface area contributed by atoms with E-state index in [0.29, 0.717) is 23.7 Å². The van der Waals surface area contributed by atoms with Crippen LogP contribution in [0.5, 0.6) is 0 Å². The number of carbonyl (C=O) groups is 1. The number of halogens is 1. The number of amides is 1. The molecule has 0 radical (unpaired) electrons. The number of carbonyl (C=O) groups excluding carboxylic acids is 1. The molecule has 1 N–H and O–H groups in total. The summed E-state index contributed by atoms with van der Waals surface area (Å²) in [5.74, 6) is 0.630. The second-order valence-corrected chi connectivity index (χ2v) is 6.65. The molecule has 0 unspecified atom stereocenters. The quantitative estimate of drug-likeness (QED) is 0.650. The molecule has 0 saturated carbocycles. The van der Waals surface area contributed by atoms with Crippen molar-refractivity contribution < 1.29 is 9.18 Å². The maximum Gasteiger partial charge on any atom is 0.230 e. The van der Waals surface area contributed by atoms with E-state index in [4.69, 9.17) is 0 Å². The van der Waals surface area contributed by atoms with Crippen LogP contribution in [-0.4, -0.2) is 33.0 Å². The Hall–Kier alpha value is -2.67. The summed E-state index contributed by atoms with van der Waals surface area (Å²) in [6.45, 7) is 0.397. The van der Waals surface area contributed by atoms with Crippen LogP contribution < -0.4 is 5.32 Å². The van der Waals surface area contributed by atoms with Gasteiger partial charge in [-0.2, -0.15) is 0 Å². The molecule has 0 fully saturated rings. The lowest BCUT2D eigenvalue weighted by Crippen LogP contribution is -2.27. The molecule has 3 rings (SSSR count). The maximum atomic E-state index is 13.5. The van der Waals surface area contributed by atoms with Crippen molar-refractivity contribution in [1.82, 2.24) is 20.1 Å². The molecule has 2 aromatic carbocycles. The van der Waals surface area contributed by atoms with Gasteiger partial charge in [0.25, 0.3) is 0 Å². The van der Waals surface area contributed by atoms with Crippen LogP contribution in [0, 0.1) is 5.82 Å². The third-order valence-corrected chi connectivity index (χ3v) is 4.89. The summed E-state index contributed by atoms with van der Waals surface area (Å²) in [5.41, 5.74) is 1.57. The average Bonchev–Trinajstić information content (AvgIpc) is 3.03. The number of hydrogen-bond acceptors (Lipinski definition) is 4. The average molecular weight is 370 g/mol. The van der Waals surface area contributed by atoms with Gasteiger partial charge in [-0.15, -0.1) is 10.2 Å². The van der Waals surface area contributed by atoms with E-state index >= 15 is 0 Å². The summed E-state index contributed by atoms with van der Waals surface area (Å²) >= 11 is 1.32. The topological polar surface area (TPSA) is 59.8 Å². The van der Waals surface area contributed by atoms with E-state index in [9.17, 15) is 9.18 Å². The third-order valence-electron chi connectivity index (χ3n) is 3.87. The minimum Gasteiger partial charge on any atom is -0.355 e. The van der Waals surface area contributed by atoms with Crippen LogP contribution in [0.3, 0.4) is 0 Å². The van der Waals surface area contributed by atoms with E-state index in [-0.39, 0.29) is 17.5 Å². The number of rotatable bonds is 7. The van der Waals surface area contributed by atoms with E-state index in [1.165, 1.54) is 17.8 Å². The first-order chi connectivity index (χ1) is 12.6. The van der Waals surface area contributed by atoms with Crippen LogP contribution in [0.2, 0.25) is 0 Å². The zero-order chi connectivity index (χ0) is 18.4. The normalized spacial score (nSPS) is 10.7. The van der Waals surface area contributed by atoms with Crippen molar-refractivity contribution >= 4 is 17.7 Å². The molecule has 1 heterocycles. The Kier molecular flexibility index (Phi) is 6.01. The zero-order valence-corrected chi connectivity index (χ0v) is 15.2. The monoisotopic (exact) mass is 370 g/mol. The fraction of sp³-hybridized carbons (Fsp3) is 0.211. The van der Waals surface area contributed by atoms with Crippen molar-refractivity contribution in [3.05, 3.63) is 66.0 Å². The highest BCUT2D eigenvalue weighted by atomic mass is 32.2. The number of nitrogens with zero attached hydrogens (tertiary/aromatic N) is 3. The molecule has 0 aliphatic carbocycles. The van der Waals surface area contributed by atoms with Gasteiger partial charge in [-0.3, -0.25) is 4.79 Å². The Morgan fingerprint density at radius 2 is 1.85 bits per heavy atom. The molecule has 134 valence electrons. The fourth-order valence-electron chi connectivity index (χ4n) is 2.50. The van der Waals surface area contributed by atoms with Gasteiger partial charge in [0.1, 0.15) is 5.82 Å². The smallest absolute Gasteiger partial charge is 0.230 e. The lowest BCUT2D eigenvalue weighted by atomic mass is 10.1. The number of nitrogens with one attached hydrogen (secondary N) is 1. The first-order valence-corrected chi connectivity index (χ1v) is 9.21. The second kappa shape index (κ2) is 8.62. The van der Waals surface area contributed by atoms with Crippen molar-refractivity contribution in [2.45, 2.75) is 11.6 Å². The van der Waals surface area contributed by atoms with E-state index in [1.54, 1.807) is 18.2 Å². The number of hydrogen-bond donors (Lipinski definition) is 1. The third kappa shape index (κ3) is 4.49. The Morgan fingerprint density at radius 3 is 2.62 bits per heavy atom. The predicted octanol–water partition coefficient (Wildman–Crippen LogP) is 3.07. The van der Waals surface area contributed by atoms with E-state index in [0.717, 1.165) is 11.4 Å². The molecule has 26 heavy (non-hydrogen) atoms. The standard InChI is InChI=1S/C19H19FN4OS/c1-24-18(15-8-3-2-4-9-15)22-23-19(24)26-13-17(25)21-12-11-14-7-5-6-10-16(14)20/h2-10H,11-13H2,1H3,(H,21,25). The Morgan fingerprint density at radius 1 is 1.12 bits per heavy atom. The van der Waals surface area contributed by atoms with Crippen LogP contribution in [0.1, 0.15) is 5.56 Å². The molecule has 0 spiro atoms. The van der Waals surface area contributed by atoms with Gasteiger partial charge in [-0.05, 0) is 18.1 Å². The number of thioether (sulfide) groups is 1. The molecule has 1 aromatic heterocycles. The highest BCUT2D eigenvalue weighted by Crippen LogP contribution is 2.22. The molecular weight excluding hydrogens is 351 g/mol. The fourth-order valence-corrected chi connectivity index (χ4v) is 3.24. The maximum absolute atomic E-state index is 13.5. The van der Waals surface area contributed by atoms with Gasteiger partial charge in [0.15, 0.2) is 11.0 Å².